The molecule has 0 saturated carbocycles. The van der Waals surface area contributed by atoms with Crippen LogP contribution in [0, 0.1) is 5.92 Å². The Morgan fingerprint density at radius 1 is 1.40 bits per heavy atom. The van der Waals surface area contributed by atoms with Crippen LogP contribution in [0.3, 0.4) is 0 Å². The van der Waals surface area contributed by atoms with Crippen LogP contribution in [0.2, 0.25) is 0 Å². The Balaban J connectivity index is 1.49. The van der Waals surface area contributed by atoms with Gasteiger partial charge in [0.1, 0.15) is 11.6 Å². The average molecular weight is 354 g/mol. The molecule has 0 aliphatic carbocycles. The molecule has 138 valence electrons. The van der Waals surface area contributed by atoms with Crippen molar-refractivity contribution < 1.29 is 18.3 Å². The Morgan fingerprint density at radius 3 is 2.96 bits per heavy atom. The lowest BCUT2D eigenvalue weighted by molar-refractivity contribution is -0.123. The molecule has 1 amide bonds. The van der Waals surface area contributed by atoms with Crippen LogP contribution >= 0.6 is 0 Å². The number of nitrogens with one attached hydrogen (secondary N) is 2. The Morgan fingerprint density at radius 2 is 2.28 bits per heavy atom. The first-order chi connectivity index (χ1) is 12.1. The second-order valence-corrected chi connectivity index (χ2v) is 6.58. The van der Waals surface area contributed by atoms with Crippen LogP contribution < -0.4 is 20.3 Å². The fourth-order valence-electron chi connectivity index (χ4n) is 3.45. The molecule has 0 aromatic carbocycles. The Labute approximate surface area is 145 Å². The van der Waals surface area contributed by atoms with Gasteiger partial charge >= 0.3 is 6.61 Å². The van der Waals surface area contributed by atoms with Gasteiger partial charge in [-0.05, 0) is 50.3 Å². The topological polar surface area (TPSA) is 66.5 Å². The molecular weight excluding hydrogens is 330 g/mol. The quantitative estimate of drug-likeness (QED) is 0.815. The Hall–Kier alpha value is -1.96. The van der Waals surface area contributed by atoms with Crippen LogP contribution in [0.5, 0.6) is 5.75 Å². The van der Waals surface area contributed by atoms with Crippen LogP contribution in [-0.4, -0.2) is 49.7 Å². The van der Waals surface area contributed by atoms with E-state index in [0.717, 1.165) is 51.1 Å². The van der Waals surface area contributed by atoms with E-state index in [-0.39, 0.29) is 17.7 Å². The SMILES string of the molecule is O=C(NCC1CCCN(c2ccc(OC(F)F)cn2)C1)C1CCCN1. The number of ether oxygens (including phenoxy) is 1. The second-order valence-electron chi connectivity index (χ2n) is 6.58. The van der Waals surface area contributed by atoms with E-state index in [0.29, 0.717) is 12.5 Å². The lowest BCUT2D eigenvalue weighted by Gasteiger charge is -2.33. The first-order valence-electron chi connectivity index (χ1n) is 8.79. The predicted octanol–water partition coefficient (Wildman–Crippen LogP) is 1.77. The van der Waals surface area contributed by atoms with E-state index in [4.69, 9.17) is 0 Å². The lowest BCUT2D eigenvalue weighted by Crippen LogP contribution is -2.45. The summed E-state index contributed by atoms with van der Waals surface area (Å²) in [7, 11) is 0. The van der Waals surface area contributed by atoms with Crippen molar-refractivity contribution >= 4 is 11.7 Å². The number of carbonyl (C=O) groups excluding carboxylic acids is 1. The summed E-state index contributed by atoms with van der Waals surface area (Å²) in [5, 5.41) is 6.24. The fraction of sp³-hybridized carbons (Fsp3) is 0.647. The molecule has 3 heterocycles. The van der Waals surface area contributed by atoms with E-state index in [1.807, 2.05) is 0 Å². The summed E-state index contributed by atoms with van der Waals surface area (Å²) in [6.07, 6.45) is 5.34. The number of hydrogen-bond donors (Lipinski definition) is 2. The maximum absolute atomic E-state index is 12.2. The van der Waals surface area contributed by atoms with Gasteiger partial charge in [0.2, 0.25) is 5.91 Å². The number of rotatable bonds is 6. The summed E-state index contributed by atoms with van der Waals surface area (Å²) in [5.74, 6) is 1.25. The number of pyridine rings is 1. The van der Waals surface area contributed by atoms with Gasteiger partial charge in [-0.1, -0.05) is 0 Å². The van der Waals surface area contributed by atoms with Crippen molar-refractivity contribution in [3.05, 3.63) is 18.3 Å². The molecule has 2 saturated heterocycles. The van der Waals surface area contributed by atoms with E-state index >= 15 is 0 Å². The molecule has 2 unspecified atom stereocenters. The Bertz CT molecular complexity index is 564. The van der Waals surface area contributed by atoms with Gasteiger partial charge in [-0.15, -0.1) is 0 Å². The molecular formula is C17H24F2N4O2. The van der Waals surface area contributed by atoms with Crippen molar-refractivity contribution in [3.8, 4) is 5.75 Å². The molecule has 2 fully saturated rings. The van der Waals surface area contributed by atoms with Crippen LogP contribution in [0.15, 0.2) is 18.3 Å². The van der Waals surface area contributed by atoms with E-state index < -0.39 is 6.61 Å². The number of anilines is 1. The van der Waals surface area contributed by atoms with Crippen LogP contribution in [0.1, 0.15) is 25.7 Å². The third-order valence-corrected chi connectivity index (χ3v) is 4.73. The second kappa shape index (κ2) is 8.42. The third-order valence-electron chi connectivity index (χ3n) is 4.73. The van der Waals surface area contributed by atoms with Crippen molar-refractivity contribution in [3.63, 3.8) is 0 Å². The van der Waals surface area contributed by atoms with Gasteiger partial charge < -0.3 is 20.3 Å². The van der Waals surface area contributed by atoms with Crippen molar-refractivity contribution in [2.75, 3.05) is 31.1 Å². The summed E-state index contributed by atoms with van der Waals surface area (Å²) >= 11 is 0. The molecule has 2 atom stereocenters. The van der Waals surface area contributed by atoms with Gasteiger partial charge in [0.25, 0.3) is 0 Å². The number of hydrogen-bond acceptors (Lipinski definition) is 5. The molecule has 25 heavy (non-hydrogen) atoms. The minimum absolute atomic E-state index is 0.0521. The minimum Gasteiger partial charge on any atom is -0.433 e. The number of halogens is 2. The summed E-state index contributed by atoms with van der Waals surface area (Å²) < 4.78 is 28.7. The number of amides is 1. The maximum Gasteiger partial charge on any atom is 0.387 e. The zero-order valence-corrected chi connectivity index (χ0v) is 14.1. The van der Waals surface area contributed by atoms with Crippen molar-refractivity contribution in [2.24, 2.45) is 5.92 Å². The normalized spacial score (nSPS) is 23.7. The van der Waals surface area contributed by atoms with Crippen molar-refractivity contribution in [2.45, 2.75) is 38.3 Å². The molecule has 0 bridgehead atoms. The van der Waals surface area contributed by atoms with Crippen LogP contribution in [0.4, 0.5) is 14.6 Å². The fourth-order valence-corrected chi connectivity index (χ4v) is 3.45. The third kappa shape index (κ3) is 5.01. The standard InChI is InChI=1S/C17H24F2N4O2/c18-17(19)25-13-5-6-15(21-10-13)23-8-2-3-12(11-23)9-22-16(24)14-4-1-7-20-14/h5-6,10,12,14,17,20H,1-4,7-9,11H2,(H,22,24). The van der Waals surface area contributed by atoms with Crippen molar-refractivity contribution in [1.29, 1.82) is 0 Å². The molecule has 8 heteroatoms. The smallest absolute Gasteiger partial charge is 0.387 e. The highest BCUT2D eigenvalue weighted by Crippen LogP contribution is 2.23. The molecule has 3 rings (SSSR count). The summed E-state index contributed by atoms with van der Waals surface area (Å²) in [6, 6.07) is 3.15. The maximum atomic E-state index is 12.2. The Kier molecular flexibility index (Phi) is 6.01. The van der Waals surface area contributed by atoms with Crippen molar-refractivity contribution in [1.82, 2.24) is 15.6 Å². The molecule has 2 aliphatic heterocycles. The summed E-state index contributed by atoms with van der Waals surface area (Å²) in [6.45, 7) is 0.383. The lowest BCUT2D eigenvalue weighted by atomic mass is 9.98. The molecule has 6 nitrogen and oxygen atoms in total. The van der Waals surface area contributed by atoms with Gasteiger partial charge in [-0.3, -0.25) is 4.79 Å². The van der Waals surface area contributed by atoms with Gasteiger partial charge in [-0.2, -0.15) is 8.78 Å². The van der Waals surface area contributed by atoms with Gasteiger partial charge in [0.15, 0.2) is 0 Å². The average Bonchev–Trinajstić information content (AvgIpc) is 3.15. The monoisotopic (exact) mass is 354 g/mol. The number of piperidine rings is 1. The highest BCUT2D eigenvalue weighted by molar-refractivity contribution is 5.82. The molecule has 0 spiro atoms. The number of nitrogens with zero attached hydrogens (tertiary/aromatic N) is 2. The molecule has 0 radical (unpaired) electrons. The minimum atomic E-state index is -2.84. The zero-order valence-electron chi connectivity index (χ0n) is 14.1. The predicted molar refractivity (Wildman–Crippen MR) is 89.8 cm³/mol. The van der Waals surface area contributed by atoms with Gasteiger partial charge in [0.05, 0.1) is 12.2 Å². The van der Waals surface area contributed by atoms with Crippen LogP contribution in [-0.2, 0) is 4.79 Å². The molecule has 1 aromatic rings. The highest BCUT2D eigenvalue weighted by atomic mass is 19.3. The molecule has 2 aliphatic rings. The van der Waals surface area contributed by atoms with E-state index in [9.17, 15) is 13.6 Å². The first kappa shape index (κ1) is 17.8. The molecule has 2 N–H and O–H groups in total. The van der Waals surface area contributed by atoms with Gasteiger partial charge in [0, 0.05) is 19.6 Å². The summed E-state index contributed by atoms with van der Waals surface area (Å²) in [5.41, 5.74) is 0. The number of carbonyl (C=O) groups is 1. The number of aromatic nitrogens is 1. The van der Waals surface area contributed by atoms with E-state index in [1.54, 1.807) is 6.07 Å². The highest BCUT2D eigenvalue weighted by Gasteiger charge is 2.25. The zero-order chi connectivity index (χ0) is 17.6. The molecule has 1 aromatic heterocycles. The van der Waals surface area contributed by atoms with E-state index in [1.165, 1.54) is 12.3 Å². The largest absolute Gasteiger partial charge is 0.433 e. The first-order valence-corrected chi connectivity index (χ1v) is 8.79. The number of alkyl halides is 2. The van der Waals surface area contributed by atoms with Crippen LogP contribution in [0.25, 0.3) is 0 Å². The van der Waals surface area contributed by atoms with Gasteiger partial charge in [-0.25, -0.2) is 4.98 Å². The van der Waals surface area contributed by atoms with E-state index in [2.05, 4.69) is 25.3 Å². The summed E-state index contributed by atoms with van der Waals surface area (Å²) in [4.78, 5) is 18.4.